The lowest BCUT2D eigenvalue weighted by atomic mass is 9.90. The molecule has 0 amide bonds. The monoisotopic (exact) mass is 271 g/mol. The molecule has 2 aliphatic heterocycles. The van der Waals surface area contributed by atoms with E-state index in [0.29, 0.717) is 6.04 Å². The van der Waals surface area contributed by atoms with Crippen molar-refractivity contribution in [2.45, 2.75) is 64.0 Å². The molecule has 2 unspecified atom stereocenters. The maximum atomic E-state index is 6.05. The molecule has 2 heterocycles. The van der Waals surface area contributed by atoms with Crippen molar-refractivity contribution in [1.82, 2.24) is 5.32 Å². The lowest BCUT2D eigenvalue weighted by molar-refractivity contribution is -0.0700. The van der Waals surface area contributed by atoms with Gasteiger partial charge >= 0.3 is 0 Å². The molecule has 1 spiro atoms. The third-order valence-corrected chi connectivity index (χ3v) is 5.42. The van der Waals surface area contributed by atoms with Crippen molar-refractivity contribution in [3.63, 3.8) is 0 Å². The van der Waals surface area contributed by atoms with Crippen LogP contribution in [0.2, 0.25) is 0 Å². The van der Waals surface area contributed by atoms with Crippen molar-refractivity contribution in [3.8, 4) is 0 Å². The van der Waals surface area contributed by atoms with Gasteiger partial charge in [-0.1, -0.05) is 26.7 Å². The van der Waals surface area contributed by atoms with Crippen molar-refractivity contribution >= 4 is 11.8 Å². The Hall–Kier alpha value is 0.270. The van der Waals surface area contributed by atoms with Gasteiger partial charge in [-0.05, 0) is 43.9 Å². The van der Waals surface area contributed by atoms with Gasteiger partial charge in [-0.15, -0.1) is 0 Å². The first-order valence-corrected chi connectivity index (χ1v) is 8.81. The molecule has 3 heteroatoms. The molecule has 2 aliphatic rings. The Kier molecular flexibility index (Phi) is 5.84. The van der Waals surface area contributed by atoms with Crippen molar-refractivity contribution in [2.75, 3.05) is 24.7 Å². The third kappa shape index (κ3) is 4.43. The molecule has 0 aromatic rings. The molecule has 1 N–H and O–H groups in total. The van der Waals surface area contributed by atoms with Crippen LogP contribution >= 0.6 is 11.8 Å². The highest BCUT2D eigenvalue weighted by atomic mass is 32.2. The summed E-state index contributed by atoms with van der Waals surface area (Å²) in [6.45, 7) is 6.78. The minimum atomic E-state index is 0.235. The summed E-state index contributed by atoms with van der Waals surface area (Å²) < 4.78 is 6.05. The zero-order valence-electron chi connectivity index (χ0n) is 12.0. The van der Waals surface area contributed by atoms with Gasteiger partial charge in [0.05, 0.1) is 5.60 Å². The second kappa shape index (κ2) is 7.16. The van der Waals surface area contributed by atoms with Crippen molar-refractivity contribution < 1.29 is 4.74 Å². The summed E-state index contributed by atoms with van der Waals surface area (Å²) in [5.41, 5.74) is 0.235. The molecule has 0 aromatic heterocycles. The Morgan fingerprint density at radius 2 is 2.28 bits per heavy atom. The van der Waals surface area contributed by atoms with Gasteiger partial charge in [0, 0.05) is 18.4 Å². The highest BCUT2D eigenvalue weighted by Crippen LogP contribution is 2.38. The highest BCUT2D eigenvalue weighted by molar-refractivity contribution is 7.99. The fourth-order valence-electron chi connectivity index (χ4n) is 3.05. The molecule has 2 rings (SSSR count). The van der Waals surface area contributed by atoms with Crippen molar-refractivity contribution in [3.05, 3.63) is 0 Å². The van der Waals surface area contributed by atoms with Crippen LogP contribution < -0.4 is 5.32 Å². The molecule has 2 nitrogen and oxygen atoms in total. The number of rotatable bonds is 6. The Morgan fingerprint density at radius 1 is 1.39 bits per heavy atom. The van der Waals surface area contributed by atoms with Gasteiger partial charge in [0.2, 0.25) is 0 Å². The molecule has 2 atom stereocenters. The predicted octanol–water partition coefficient (Wildman–Crippen LogP) is 3.46. The number of thioether (sulfide) groups is 1. The van der Waals surface area contributed by atoms with Crippen LogP contribution in [0.15, 0.2) is 0 Å². The van der Waals surface area contributed by atoms with Crippen LogP contribution in [0.5, 0.6) is 0 Å². The van der Waals surface area contributed by atoms with Crippen molar-refractivity contribution in [2.24, 2.45) is 5.92 Å². The van der Waals surface area contributed by atoms with Crippen LogP contribution in [0.3, 0.4) is 0 Å². The van der Waals surface area contributed by atoms with Gasteiger partial charge in [0.15, 0.2) is 0 Å². The molecule has 2 fully saturated rings. The summed E-state index contributed by atoms with van der Waals surface area (Å²) >= 11 is 2.06. The van der Waals surface area contributed by atoms with E-state index in [4.69, 9.17) is 4.74 Å². The van der Waals surface area contributed by atoms with Gasteiger partial charge in [0.1, 0.15) is 0 Å². The first-order chi connectivity index (χ1) is 8.70. The topological polar surface area (TPSA) is 21.3 Å². The fourth-order valence-corrected chi connectivity index (χ4v) is 4.43. The Morgan fingerprint density at radius 3 is 3.00 bits per heavy atom. The second-order valence-corrected chi connectivity index (χ2v) is 7.47. The molecular weight excluding hydrogens is 242 g/mol. The minimum absolute atomic E-state index is 0.235. The smallest absolute Gasteiger partial charge is 0.0795 e. The van der Waals surface area contributed by atoms with E-state index in [2.05, 4.69) is 30.9 Å². The average molecular weight is 271 g/mol. The molecule has 2 saturated heterocycles. The second-order valence-electron chi connectivity index (χ2n) is 6.37. The van der Waals surface area contributed by atoms with E-state index in [9.17, 15) is 0 Å². The Labute approximate surface area is 117 Å². The van der Waals surface area contributed by atoms with E-state index in [0.717, 1.165) is 12.5 Å². The minimum Gasteiger partial charge on any atom is -0.374 e. The van der Waals surface area contributed by atoms with E-state index in [1.165, 1.54) is 56.6 Å². The van der Waals surface area contributed by atoms with Gasteiger partial charge in [-0.25, -0.2) is 0 Å². The average Bonchev–Trinajstić information content (AvgIpc) is 2.76. The molecule has 0 radical (unpaired) electrons. The molecule has 0 aliphatic carbocycles. The quantitative estimate of drug-likeness (QED) is 0.748. The first kappa shape index (κ1) is 14.7. The number of unbranched alkanes of at least 4 members (excludes halogenated alkanes) is 1. The van der Waals surface area contributed by atoms with E-state index in [1.54, 1.807) is 0 Å². The van der Waals surface area contributed by atoms with E-state index < -0.39 is 0 Å². The maximum absolute atomic E-state index is 6.05. The van der Waals surface area contributed by atoms with E-state index in [-0.39, 0.29) is 5.60 Å². The lowest BCUT2D eigenvalue weighted by Crippen LogP contribution is -2.47. The normalized spacial score (nSPS) is 32.5. The summed E-state index contributed by atoms with van der Waals surface area (Å²) in [6.07, 6.45) is 7.78. The van der Waals surface area contributed by atoms with Crippen LogP contribution in [0.25, 0.3) is 0 Å². The van der Waals surface area contributed by atoms with E-state index in [1.807, 2.05) is 0 Å². The number of ether oxygens (including phenoxy) is 1. The van der Waals surface area contributed by atoms with Gasteiger partial charge < -0.3 is 10.1 Å². The Bertz CT molecular complexity index is 239. The Balaban J connectivity index is 1.61. The van der Waals surface area contributed by atoms with Gasteiger partial charge in [-0.3, -0.25) is 0 Å². The largest absolute Gasteiger partial charge is 0.374 e. The SMILES string of the molecule is CC(C)CCCCNC1CCOC2(CCSC2)C1. The van der Waals surface area contributed by atoms with Crippen LogP contribution in [-0.4, -0.2) is 36.3 Å². The molecule has 0 bridgehead atoms. The molecular formula is C15H29NOS. The van der Waals surface area contributed by atoms with Crippen molar-refractivity contribution in [1.29, 1.82) is 0 Å². The molecule has 0 saturated carbocycles. The van der Waals surface area contributed by atoms with Gasteiger partial charge in [0.25, 0.3) is 0 Å². The summed E-state index contributed by atoms with van der Waals surface area (Å²) in [5.74, 6) is 3.37. The van der Waals surface area contributed by atoms with Gasteiger partial charge in [-0.2, -0.15) is 11.8 Å². The fraction of sp³-hybridized carbons (Fsp3) is 1.00. The molecule has 18 heavy (non-hydrogen) atoms. The number of nitrogens with one attached hydrogen (secondary N) is 1. The molecule has 106 valence electrons. The van der Waals surface area contributed by atoms with Crippen LogP contribution in [0, 0.1) is 5.92 Å². The summed E-state index contributed by atoms with van der Waals surface area (Å²) in [4.78, 5) is 0. The standard InChI is InChI=1S/C15H29NOS/c1-13(2)5-3-4-8-16-14-6-9-17-15(11-14)7-10-18-12-15/h13-14,16H,3-12H2,1-2H3. The van der Waals surface area contributed by atoms with Crippen LogP contribution in [0.1, 0.15) is 52.4 Å². The summed E-state index contributed by atoms with van der Waals surface area (Å²) in [5, 5.41) is 3.76. The lowest BCUT2D eigenvalue weighted by Gasteiger charge is -2.38. The highest BCUT2D eigenvalue weighted by Gasteiger charge is 2.40. The predicted molar refractivity (Wildman–Crippen MR) is 80.3 cm³/mol. The number of hydrogen-bond donors (Lipinski definition) is 1. The van der Waals surface area contributed by atoms with E-state index >= 15 is 0 Å². The molecule has 0 aromatic carbocycles. The maximum Gasteiger partial charge on any atom is 0.0795 e. The zero-order chi connectivity index (χ0) is 12.8. The summed E-state index contributed by atoms with van der Waals surface area (Å²) in [7, 11) is 0. The van der Waals surface area contributed by atoms with Crippen LogP contribution in [-0.2, 0) is 4.74 Å². The van der Waals surface area contributed by atoms with Crippen LogP contribution in [0.4, 0.5) is 0 Å². The zero-order valence-corrected chi connectivity index (χ0v) is 12.9. The number of hydrogen-bond acceptors (Lipinski definition) is 3. The third-order valence-electron chi connectivity index (χ3n) is 4.20. The summed E-state index contributed by atoms with van der Waals surface area (Å²) in [6, 6.07) is 0.705. The first-order valence-electron chi connectivity index (χ1n) is 7.65.